The van der Waals surface area contributed by atoms with Crippen molar-refractivity contribution >= 4 is 10.9 Å². The molecule has 1 heterocycles. The Labute approximate surface area is 59.7 Å². The monoisotopic (exact) mass is 130 g/mol. The fourth-order valence-electron chi connectivity index (χ4n) is 1.09. The Bertz CT molecular complexity index is 346. The molecule has 0 bridgehead atoms. The van der Waals surface area contributed by atoms with Crippen molar-refractivity contribution in [2.24, 2.45) is 0 Å². The quantitative estimate of drug-likeness (QED) is 0.563. The van der Waals surface area contributed by atoms with Gasteiger partial charge < -0.3 is 4.98 Å². The zero-order valence-corrected chi connectivity index (χ0v) is 5.81. The molecule has 0 unspecified atom stereocenters. The van der Waals surface area contributed by atoms with Gasteiger partial charge >= 0.3 is 0 Å². The van der Waals surface area contributed by atoms with Crippen LogP contribution in [-0.2, 0) is 0 Å². The number of H-pyrrole nitrogens is 1. The van der Waals surface area contributed by atoms with E-state index in [-0.39, 0.29) is 0 Å². The number of aryl methyl sites for hydroxylation is 1. The van der Waals surface area contributed by atoms with E-state index < -0.39 is 0 Å². The lowest BCUT2D eigenvalue weighted by molar-refractivity contribution is 1.44. The highest BCUT2D eigenvalue weighted by atomic mass is 14.7. The van der Waals surface area contributed by atoms with Crippen LogP contribution in [-0.4, -0.2) is 4.98 Å². The van der Waals surface area contributed by atoms with E-state index in [1.807, 2.05) is 18.3 Å². The van der Waals surface area contributed by atoms with Crippen LogP contribution in [0.4, 0.5) is 0 Å². The summed E-state index contributed by atoms with van der Waals surface area (Å²) in [6, 6.07) is 9.30. The van der Waals surface area contributed by atoms with Crippen molar-refractivity contribution < 1.29 is 0 Å². The van der Waals surface area contributed by atoms with Gasteiger partial charge in [-0.1, -0.05) is 6.07 Å². The summed E-state index contributed by atoms with van der Waals surface area (Å²) in [5, 5.41) is 1.16. The summed E-state index contributed by atoms with van der Waals surface area (Å²) >= 11 is 0. The van der Waals surface area contributed by atoms with Gasteiger partial charge in [0.25, 0.3) is 0 Å². The Balaban J connectivity index is 2.86. The molecule has 2 rings (SSSR count). The summed E-state index contributed by atoms with van der Waals surface area (Å²) in [4.78, 5) is 3.13. The van der Waals surface area contributed by atoms with Gasteiger partial charge in [-0.25, -0.2) is 0 Å². The number of fused-ring (bicyclic) bond motifs is 1. The molecule has 10 heavy (non-hydrogen) atoms. The van der Waals surface area contributed by atoms with Gasteiger partial charge in [0, 0.05) is 17.1 Å². The summed E-state index contributed by atoms with van der Waals surface area (Å²) in [7, 11) is 0. The second-order valence-electron chi connectivity index (χ2n) is 2.48. The number of rotatable bonds is 0. The van der Waals surface area contributed by atoms with Crippen molar-refractivity contribution in [3.63, 3.8) is 0 Å². The van der Waals surface area contributed by atoms with E-state index in [1.54, 1.807) is 0 Å². The van der Waals surface area contributed by atoms with Crippen LogP contribution >= 0.6 is 0 Å². The Morgan fingerprint density at radius 1 is 1.50 bits per heavy atom. The van der Waals surface area contributed by atoms with Crippen LogP contribution in [0.1, 0.15) is 5.56 Å². The van der Waals surface area contributed by atoms with E-state index in [0.717, 1.165) is 5.39 Å². The summed E-state index contributed by atoms with van der Waals surface area (Å²) in [5.74, 6) is 0. The summed E-state index contributed by atoms with van der Waals surface area (Å²) in [6.07, 6.45) is 1.93. The first-order valence-electron chi connectivity index (χ1n) is 3.32. The number of aromatic nitrogens is 1. The molecular weight excluding hydrogens is 122 g/mol. The molecule has 49 valence electrons. The highest BCUT2D eigenvalue weighted by Gasteiger charge is 1.91. The van der Waals surface area contributed by atoms with Gasteiger partial charge in [-0.15, -0.1) is 0 Å². The lowest BCUT2D eigenvalue weighted by atomic mass is 10.2. The summed E-state index contributed by atoms with van der Waals surface area (Å²) < 4.78 is 0. The van der Waals surface area contributed by atoms with Gasteiger partial charge in [-0.2, -0.15) is 0 Å². The largest absolute Gasteiger partial charge is 0.361 e. The SMILES string of the molecule is Cc1c[c]c2cc[nH]c2c1. The van der Waals surface area contributed by atoms with E-state index in [1.165, 1.54) is 11.1 Å². The fourth-order valence-corrected chi connectivity index (χ4v) is 1.09. The lowest BCUT2D eigenvalue weighted by Crippen LogP contribution is -1.70. The molecule has 0 fully saturated rings. The predicted octanol–water partition coefficient (Wildman–Crippen LogP) is 2.28. The average Bonchev–Trinajstić information content (AvgIpc) is 2.33. The second kappa shape index (κ2) is 1.87. The molecular formula is C9H8N. The summed E-state index contributed by atoms with van der Waals surface area (Å²) in [6.45, 7) is 2.07. The summed E-state index contributed by atoms with van der Waals surface area (Å²) in [5.41, 5.74) is 2.41. The zero-order chi connectivity index (χ0) is 6.97. The highest BCUT2D eigenvalue weighted by Crippen LogP contribution is 2.11. The van der Waals surface area contributed by atoms with Crippen molar-refractivity contribution in [3.05, 3.63) is 36.0 Å². The van der Waals surface area contributed by atoms with Gasteiger partial charge in [-0.3, -0.25) is 0 Å². The standard InChI is InChI=1S/C9H8N/c1-7-2-3-8-4-5-10-9(8)6-7/h2,4-6,10H,1H3. The van der Waals surface area contributed by atoms with E-state index in [9.17, 15) is 0 Å². The van der Waals surface area contributed by atoms with Gasteiger partial charge in [0.05, 0.1) is 0 Å². The molecule has 0 atom stereocenters. The molecule has 2 aromatic rings. The lowest BCUT2D eigenvalue weighted by Gasteiger charge is -1.89. The van der Waals surface area contributed by atoms with Crippen LogP contribution in [0.5, 0.6) is 0 Å². The molecule has 1 heteroatoms. The van der Waals surface area contributed by atoms with Crippen molar-refractivity contribution in [2.75, 3.05) is 0 Å². The van der Waals surface area contributed by atoms with Crippen molar-refractivity contribution in [2.45, 2.75) is 6.92 Å². The van der Waals surface area contributed by atoms with Gasteiger partial charge in [0.1, 0.15) is 0 Å². The molecule has 0 saturated carbocycles. The van der Waals surface area contributed by atoms with E-state index in [2.05, 4.69) is 24.0 Å². The maximum absolute atomic E-state index is 3.17. The Hall–Kier alpha value is -1.24. The Morgan fingerprint density at radius 2 is 2.40 bits per heavy atom. The topological polar surface area (TPSA) is 15.8 Å². The molecule has 0 saturated heterocycles. The second-order valence-corrected chi connectivity index (χ2v) is 2.48. The minimum atomic E-state index is 1.16. The molecule has 1 aromatic heterocycles. The zero-order valence-electron chi connectivity index (χ0n) is 5.81. The Morgan fingerprint density at radius 3 is 3.30 bits per heavy atom. The third kappa shape index (κ3) is 0.711. The molecule has 1 aromatic carbocycles. The molecule has 0 aliphatic heterocycles. The first kappa shape index (κ1) is 5.54. The minimum absolute atomic E-state index is 1.16. The molecule has 1 N–H and O–H groups in total. The van der Waals surface area contributed by atoms with Crippen molar-refractivity contribution in [3.8, 4) is 0 Å². The average molecular weight is 130 g/mol. The highest BCUT2D eigenvalue weighted by molar-refractivity contribution is 5.79. The van der Waals surface area contributed by atoms with E-state index >= 15 is 0 Å². The smallest absolute Gasteiger partial charge is 0.0462 e. The third-order valence-corrected chi connectivity index (χ3v) is 1.61. The maximum atomic E-state index is 3.17. The van der Waals surface area contributed by atoms with Gasteiger partial charge in [0.15, 0.2) is 0 Å². The normalized spacial score (nSPS) is 10.5. The van der Waals surface area contributed by atoms with E-state index in [4.69, 9.17) is 0 Å². The number of nitrogens with one attached hydrogen (secondary N) is 1. The van der Waals surface area contributed by atoms with Crippen molar-refractivity contribution in [1.29, 1.82) is 0 Å². The predicted molar refractivity (Wildman–Crippen MR) is 41.9 cm³/mol. The molecule has 0 amide bonds. The maximum Gasteiger partial charge on any atom is 0.0462 e. The van der Waals surface area contributed by atoms with Crippen LogP contribution in [0.15, 0.2) is 24.4 Å². The molecule has 0 spiro atoms. The number of hydrogen-bond donors (Lipinski definition) is 1. The molecule has 0 aliphatic carbocycles. The number of aromatic amines is 1. The molecule has 1 radical (unpaired) electrons. The van der Waals surface area contributed by atoms with Gasteiger partial charge in [0.2, 0.25) is 0 Å². The van der Waals surface area contributed by atoms with Crippen LogP contribution < -0.4 is 0 Å². The third-order valence-electron chi connectivity index (χ3n) is 1.61. The van der Waals surface area contributed by atoms with Crippen LogP contribution in [0, 0.1) is 13.0 Å². The van der Waals surface area contributed by atoms with Crippen molar-refractivity contribution in [1.82, 2.24) is 4.98 Å². The van der Waals surface area contributed by atoms with Gasteiger partial charge in [-0.05, 0) is 30.7 Å². The fraction of sp³-hybridized carbons (Fsp3) is 0.111. The van der Waals surface area contributed by atoms with Crippen LogP contribution in [0.3, 0.4) is 0 Å². The number of benzene rings is 1. The van der Waals surface area contributed by atoms with Crippen LogP contribution in [0.25, 0.3) is 10.9 Å². The molecule has 0 aliphatic rings. The number of hydrogen-bond acceptors (Lipinski definition) is 0. The first-order valence-corrected chi connectivity index (χ1v) is 3.32. The minimum Gasteiger partial charge on any atom is -0.361 e. The molecule has 1 nitrogen and oxygen atoms in total. The van der Waals surface area contributed by atoms with Crippen LogP contribution in [0.2, 0.25) is 0 Å². The first-order chi connectivity index (χ1) is 4.86. The van der Waals surface area contributed by atoms with E-state index in [0.29, 0.717) is 0 Å². The Kier molecular flexibility index (Phi) is 1.04.